The van der Waals surface area contributed by atoms with Gasteiger partial charge in [0.2, 0.25) is 0 Å². The van der Waals surface area contributed by atoms with Gasteiger partial charge in [-0.05, 0) is 6.42 Å². The van der Waals surface area contributed by atoms with Crippen LogP contribution in [0.15, 0.2) is 17.3 Å². The molecule has 3 N–H and O–H groups in total. The molecular weight excluding hydrogens is 268 g/mol. The highest BCUT2D eigenvalue weighted by molar-refractivity contribution is 5.77. The third-order valence-electron chi connectivity index (χ3n) is 3.19. The molecule has 21 heavy (non-hydrogen) atoms. The smallest absolute Gasteiger partial charge is 0.275 e. The van der Waals surface area contributed by atoms with Crippen molar-refractivity contribution in [2.45, 2.75) is 46.8 Å². The summed E-state index contributed by atoms with van der Waals surface area (Å²) in [6.07, 6.45) is 3.83. The lowest BCUT2D eigenvalue weighted by molar-refractivity contribution is 0.175. The fourth-order valence-corrected chi connectivity index (χ4v) is 2.32. The van der Waals surface area contributed by atoms with E-state index in [4.69, 9.17) is 0 Å². The zero-order chi connectivity index (χ0) is 15.8. The number of fused-ring (bicyclic) bond motifs is 1. The van der Waals surface area contributed by atoms with E-state index in [9.17, 15) is 9.90 Å². The van der Waals surface area contributed by atoms with Crippen molar-refractivity contribution in [3.05, 3.63) is 28.4 Å². The number of aliphatic hydroxyl groups is 1. The lowest BCUT2D eigenvalue weighted by Crippen LogP contribution is -2.21. The lowest BCUT2D eigenvalue weighted by Gasteiger charge is -2.13. The third kappa shape index (κ3) is 4.15. The Kier molecular flexibility index (Phi) is 7.11. The van der Waals surface area contributed by atoms with Crippen LogP contribution in [0.5, 0.6) is 0 Å². The van der Waals surface area contributed by atoms with E-state index in [2.05, 4.69) is 19.9 Å². The maximum absolute atomic E-state index is 11.5. The molecule has 3 rings (SSSR count). The molecule has 0 unspecified atom stereocenters. The van der Waals surface area contributed by atoms with Crippen molar-refractivity contribution >= 4 is 11.0 Å². The maximum atomic E-state index is 11.5. The van der Waals surface area contributed by atoms with Crippen molar-refractivity contribution in [2.75, 3.05) is 13.1 Å². The zero-order valence-electron chi connectivity index (χ0n) is 13.3. The van der Waals surface area contributed by atoms with E-state index in [1.54, 1.807) is 0 Å². The van der Waals surface area contributed by atoms with Gasteiger partial charge in [0, 0.05) is 31.4 Å². The summed E-state index contributed by atoms with van der Waals surface area (Å²) in [6.45, 7) is 10.3. The van der Waals surface area contributed by atoms with Crippen LogP contribution < -0.4 is 5.56 Å². The molecule has 1 fully saturated rings. The molecule has 0 spiro atoms. The average molecular weight is 294 g/mol. The number of hydrogen-bond donors (Lipinski definition) is 3. The van der Waals surface area contributed by atoms with E-state index in [0.29, 0.717) is 18.6 Å². The highest BCUT2D eigenvalue weighted by atomic mass is 16.3. The second kappa shape index (κ2) is 8.59. The number of nitrogens with one attached hydrogen (secondary N) is 2. The quantitative estimate of drug-likeness (QED) is 0.789. The van der Waals surface area contributed by atoms with Crippen LogP contribution in [0, 0.1) is 0 Å². The number of β-amino-alcohol motifs (C(OH)–C–C–N with tert-alkyl or cyclic N) is 1. The van der Waals surface area contributed by atoms with Crippen LogP contribution in [-0.2, 0) is 6.54 Å². The molecule has 6 heteroatoms. The fourth-order valence-electron chi connectivity index (χ4n) is 2.32. The summed E-state index contributed by atoms with van der Waals surface area (Å²) >= 11 is 0. The van der Waals surface area contributed by atoms with Gasteiger partial charge in [-0.3, -0.25) is 9.69 Å². The number of rotatable bonds is 2. The van der Waals surface area contributed by atoms with Crippen molar-refractivity contribution in [1.29, 1.82) is 0 Å². The largest absolute Gasteiger partial charge is 0.392 e. The monoisotopic (exact) mass is 294 g/mol. The minimum atomic E-state index is -0.225. The van der Waals surface area contributed by atoms with Crippen LogP contribution in [0.1, 0.15) is 39.7 Å². The summed E-state index contributed by atoms with van der Waals surface area (Å²) in [5, 5.41) is 9.47. The number of aromatic amines is 2. The van der Waals surface area contributed by atoms with Crippen molar-refractivity contribution in [3.63, 3.8) is 0 Å². The van der Waals surface area contributed by atoms with E-state index in [0.717, 1.165) is 24.0 Å². The number of likely N-dealkylation sites (tertiary alicyclic amines) is 1. The van der Waals surface area contributed by atoms with E-state index >= 15 is 0 Å². The molecule has 1 atom stereocenters. The number of H-pyrrole nitrogens is 2. The zero-order valence-corrected chi connectivity index (χ0v) is 13.3. The van der Waals surface area contributed by atoms with Gasteiger partial charge in [-0.1, -0.05) is 27.7 Å². The minimum absolute atomic E-state index is 0.150. The van der Waals surface area contributed by atoms with Crippen LogP contribution in [0.2, 0.25) is 0 Å². The summed E-state index contributed by atoms with van der Waals surface area (Å²) in [7, 11) is 0. The lowest BCUT2D eigenvalue weighted by atomic mass is 10.2. The Labute approximate surface area is 125 Å². The van der Waals surface area contributed by atoms with Crippen molar-refractivity contribution in [2.24, 2.45) is 0 Å². The van der Waals surface area contributed by atoms with Gasteiger partial charge in [0.1, 0.15) is 5.52 Å². The van der Waals surface area contributed by atoms with Gasteiger partial charge in [-0.2, -0.15) is 0 Å². The molecule has 1 aliphatic rings. The molecule has 2 aromatic heterocycles. The standard InChI is InChI=1S/C11H14N4O2.2C2H6/c16-8-1-2-15(5-8)4-7-3-12-10-9(7)13-6-14-11(10)17;2*1-2/h3,6,8,12,16H,1-2,4-5H2,(H,13,14,17);2*1-2H3/t8-;;/m0../s1. The molecule has 2 aromatic rings. The van der Waals surface area contributed by atoms with Crippen molar-refractivity contribution in [1.82, 2.24) is 19.9 Å². The molecule has 1 aliphatic heterocycles. The maximum Gasteiger partial charge on any atom is 0.275 e. The number of nitrogens with zero attached hydrogens (tertiary/aromatic N) is 2. The second-order valence-corrected chi connectivity index (χ2v) is 4.45. The molecule has 0 bridgehead atoms. The Morgan fingerprint density at radius 3 is 2.67 bits per heavy atom. The normalized spacial score (nSPS) is 17.9. The van der Waals surface area contributed by atoms with Crippen molar-refractivity contribution < 1.29 is 5.11 Å². The molecule has 0 aromatic carbocycles. The first-order valence-corrected chi connectivity index (χ1v) is 7.68. The van der Waals surface area contributed by atoms with Crippen LogP contribution >= 0.6 is 0 Å². The minimum Gasteiger partial charge on any atom is -0.392 e. The summed E-state index contributed by atoms with van der Waals surface area (Å²) in [5.74, 6) is 0. The molecule has 0 radical (unpaired) electrons. The molecule has 6 nitrogen and oxygen atoms in total. The molecule has 0 aliphatic carbocycles. The first-order valence-electron chi connectivity index (χ1n) is 7.68. The molecule has 1 saturated heterocycles. The van der Waals surface area contributed by atoms with Gasteiger partial charge in [0.05, 0.1) is 17.9 Å². The topological polar surface area (TPSA) is 85.0 Å². The molecule has 0 amide bonds. The van der Waals surface area contributed by atoms with Crippen LogP contribution in [0.4, 0.5) is 0 Å². The van der Waals surface area contributed by atoms with E-state index < -0.39 is 0 Å². The summed E-state index contributed by atoms with van der Waals surface area (Å²) in [4.78, 5) is 23.3. The van der Waals surface area contributed by atoms with Crippen LogP contribution in [0.25, 0.3) is 11.0 Å². The summed E-state index contributed by atoms with van der Waals surface area (Å²) in [6, 6.07) is 0. The van der Waals surface area contributed by atoms with E-state index in [1.165, 1.54) is 6.33 Å². The van der Waals surface area contributed by atoms with Gasteiger partial charge in [-0.15, -0.1) is 0 Å². The summed E-state index contributed by atoms with van der Waals surface area (Å²) < 4.78 is 0. The van der Waals surface area contributed by atoms with Gasteiger partial charge in [0.25, 0.3) is 5.56 Å². The Balaban J connectivity index is 0.000000510. The number of hydrogen-bond acceptors (Lipinski definition) is 4. The fraction of sp³-hybridized carbons (Fsp3) is 0.600. The first-order chi connectivity index (χ1) is 10.2. The number of aliphatic hydroxyl groups excluding tert-OH is 1. The highest BCUT2D eigenvalue weighted by Gasteiger charge is 2.21. The average Bonchev–Trinajstić information content (AvgIpc) is 3.12. The molecule has 3 heterocycles. The highest BCUT2D eigenvalue weighted by Crippen LogP contribution is 2.17. The number of aromatic nitrogens is 3. The molecule has 118 valence electrons. The molecule has 0 saturated carbocycles. The first kappa shape index (κ1) is 17.4. The third-order valence-corrected chi connectivity index (χ3v) is 3.19. The second-order valence-electron chi connectivity index (χ2n) is 4.45. The van der Waals surface area contributed by atoms with Crippen molar-refractivity contribution in [3.8, 4) is 0 Å². The predicted octanol–water partition coefficient (Wildman–Crippen LogP) is 1.87. The van der Waals surface area contributed by atoms with Gasteiger partial charge in [-0.25, -0.2) is 4.98 Å². The Morgan fingerprint density at radius 1 is 1.33 bits per heavy atom. The van der Waals surface area contributed by atoms with Gasteiger partial charge >= 0.3 is 0 Å². The van der Waals surface area contributed by atoms with Crippen LogP contribution in [-0.4, -0.2) is 44.2 Å². The Hall–Kier alpha value is -1.66. The van der Waals surface area contributed by atoms with Gasteiger partial charge < -0.3 is 15.1 Å². The Bertz CT molecular complexity index is 591. The SMILES string of the molecule is CC.CC.O=c1[nH]cnc2c(CN3CC[C@H](O)C3)c[nH]c12. The van der Waals surface area contributed by atoms with Crippen LogP contribution in [0.3, 0.4) is 0 Å². The van der Waals surface area contributed by atoms with Gasteiger partial charge in [0.15, 0.2) is 0 Å². The predicted molar refractivity (Wildman–Crippen MR) is 85.3 cm³/mol. The van der Waals surface area contributed by atoms with E-state index in [1.807, 2.05) is 33.9 Å². The molecular formula is C15H26N4O2. The summed E-state index contributed by atoms with van der Waals surface area (Å²) in [5.41, 5.74) is 2.08. The van der Waals surface area contributed by atoms with E-state index in [-0.39, 0.29) is 11.7 Å². The Morgan fingerprint density at radius 2 is 2.05 bits per heavy atom.